The lowest BCUT2D eigenvalue weighted by atomic mass is 10.0. The third-order valence-corrected chi connectivity index (χ3v) is 3.08. The first-order valence-corrected chi connectivity index (χ1v) is 6.62. The molecule has 1 heterocycles. The number of hydrogen-bond acceptors (Lipinski definition) is 4. The second-order valence-corrected chi connectivity index (χ2v) is 4.51. The fourth-order valence-electron chi connectivity index (χ4n) is 2.11. The van der Waals surface area contributed by atoms with E-state index in [1.165, 1.54) is 7.11 Å². The van der Waals surface area contributed by atoms with E-state index in [4.69, 9.17) is 9.47 Å². The summed E-state index contributed by atoms with van der Waals surface area (Å²) in [7, 11) is 1.29. The van der Waals surface area contributed by atoms with E-state index in [0.29, 0.717) is 17.9 Å². The third-order valence-electron chi connectivity index (χ3n) is 3.08. The maximum absolute atomic E-state index is 11.9. The molecule has 0 bridgehead atoms. The zero-order valence-electron chi connectivity index (χ0n) is 12.2. The Kier molecular flexibility index (Phi) is 4.42. The Bertz CT molecular complexity index is 626. The molecule has 1 aliphatic heterocycles. The van der Waals surface area contributed by atoms with Gasteiger partial charge in [0.1, 0.15) is 5.75 Å². The maximum Gasteiger partial charge on any atom is 0.340 e. The molecule has 1 amide bonds. The van der Waals surface area contributed by atoms with Gasteiger partial charge >= 0.3 is 5.97 Å². The Balaban J connectivity index is 2.34. The van der Waals surface area contributed by atoms with Gasteiger partial charge in [-0.05, 0) is 37.6 Å². The van der Waals surface area contributed by atoms with Crippen molar-refractivity contribution in [2.24, 2.45) is 0 Å². The number of rotatable bonds is 4. The van der Waals surface area contributed by atoms with Crippen LogP contribution in [-0.2, 0) is 14.3 Å². The normalized spacial score (nSPS) is 16.1. The smallest absolute Gasteiger partial charge is 0.340 e. The molecular weight excluding hydrogens is 270 g/mol. The number of benzene rings is 1. The lowest BCUT2D eigenvalue weighted by Gasteiger charge is -2.04. The van der Waals surface area contributed by atoms with Crippen molar-refractivity contribution in [2.45, 2.75) is 13.8 Å². The Morgan fingerprint density at radius 1 is 1.29 bits per heavy atom. The number of esters is 1. The summed E-state index contributed by atoms with van der Waals surface area (Å²) >= 11 is 0. The van der Waals surface area contributed by atoms with Gasteiger partial charge in [0.05, 0.1) is 24.9 Å². The number of ether oxygens (including phenoxy) is 2. The van der Waals surface area contributed by atoms with Crippen LogP contribution >= 0.6 is 0 Å². The Morgan fingerprint density at radius 2 is 1.95 bits per heavy atom. The monoisotopic (exact) mass is 287 g/mol. The summed E-state index contributed by atoms with van der Waals surface area (Å²) in [6.45, 7) is 4.18. The minimum absolute atomic E-state index is 0.274. The molecule has 0 unspecified atom stereocenters. The van der Waals surface area contributed by atoms with Crippen LogP contribution in [0.15, 0.2) is 41.1 Å². The number of allylic oxidation sites excluding steroid dienone is 1. The van der Waals surface area contributed by atoms with Crippen molar-refractivity contribution in [1.29, 1.82) is 0 Å². The zero-order valence-corrected chi connectivity index (χ0v) is 12.2. The summed E-state index contributed by atoms with van der Waals surface area (Å²) in [5, 5.41) is 2.63. The zero-order chi connectivity index (χ0) is 15.4. The van der Waals surface area contributed by atoms with Gasteiger partial charge in [-0.15, -0.1) is 0 Å². The molecular formula is C16H17NO4. The molecule has 110 valence electrons. The molecule has 1 aliphatic rings. The lowest BCUT2D eigenvalue weighted by Crippen LogP contribution is -2.15. The van der Waals surface area contributed by atoms with Gasteiger partial charge in [-0.25, -0.2) is 4.79 Å². The van der Waals surface area contributed by atoms with E-state index >= 15 is 0 Å². The fourth-order valence-corrected chi connectivity index (χ4v) is 2.11. The second kappa shape index (κ2) is 6.26. The predicted molar refractivity (Wildman–Crippen MR) is 78.4 cm³/mol. The molecule has 0 spiro atoms. The first kappa shape index (κ1) is 14.8. The van der Waals surface area contributed by atoms with Crippen LogP contribution in [0.2, 0.25) is 0 Å². The summed E-state index contributed by atoms with van der Waals surface area (Å²) < 4.78 is 10.1. The number of methoxy groups -OCH3 is 1. The molecule has 2 rings (SSSR count). The lowest BCUT2D eigenvalue weighted by molar-refractivity contribution is -0.136. The molecule has 0 saturated heterocycles. The molecule has 0 aromatic heterocycles. The second-order valence-electron chi connectivity index (χ2n) is 4.51. The highest BCUT2D eigenvalue weighted by Crippen LogP contribution is 2.25. The van der Waals surface area contributed by atoms with Crippen molar-refractivity contribution < 1.29 is 19.1 Å². The number of carbonyl (C=O) groups is 2. The van der Waals surface area contributed by atoms with Crippen molar-refractivity contribution in [2.75, 3.05) is 13.7 Å². The highest BCUT2D eigenvalue weighted by Gasteiger charge is 2.30. The van der Waals surface area contributed by atoms with E-state index in [0.717, 1.165) is 11.3 Å². The molecule has 0 atom stereocenters. The average molecular weight is 287 g/mol. The Labute approximate surface area is 123 Å². The van der Waals surface area contributed by atoms with Crippen LogP contribution in [0.25, 0.3) is 6.08 Å². The van der Waals surface area contributed by atoms with Gasteiger partial charge in [0.25, 0.3) is 5.91 Å². The van der Waals surface area contributed by atoms with Crippen LogP contribution in [0.1, 0.15) is 19.4 Å². The standard InChI is InChI=1S/C16H17NO4/c1-4-21-12-7-5-11(6-8-12)9-13-14(16(19)20-3)10(2)17-15(13)18/h5-9H,4H2,1-3H3,(H,17,18). The van der Waals surface area contributed by atoms with Gasteiger partial charge in [0.15, 0.2) is 0 Å². The maximum atomic E-state index is 11.9. The van der Waals surface area contributed by atoms with Crippen LogP contribution in [0.5, 0.6) is 5.75 Å². The van der Waals surface area contributed by atoms with Crippen LogP contribution < -0.4 is 10.1 Å². The topological polar surface area (TPSA) is 64.6 Å². The Morgan fingerprint density at radius 3 is 2.52 bits per heavy atom. The van der Waals surface area contributed by atoms with E-state index < -0.39 is 5.97 Å². The number of carbonyl (C=O) groups excluding carboxylic acids is 2. The summed E-state index contributed by atoms with van der Waals surface area (Å²) in [6.07, 6.45) is 1.66. The van der Waals surface area contributed by atoms with Gasteiger partial charge in [-0.2, -0.15) is 0 Å². The average Bonchev–Trinajstić information content (AvgIpc) is 2.75. The van der Waals surface area contributed by atoms with E-state index in [1.54, 1.807) is 13.0 Å². The Hall–Kier alpha value is -2.56. The van der Waals surface area contributed by atoms with E-state index in [9.17, 15) is 9.59 Å². The van der Waals surface area contributed by atoms with Crippen LogP contribution in [0, 0.1) is 0 Å². The summed E-state index contributed by atoms with van der Waals surface area (Å²) in [5.74, 6) is -0.0692. The van der Waals surface area contributed by atoms with Crippen LogP contribution in [0.4, 0.5) is 0 Å². The summed E-state index contributed by atoms with van der Waals surface area (Å²) in [5.41, 5.74) is 1.89. The fraction of sp³-hybridized carbons (Fsp3) is 0.250. The number of nitrogens with one attached hydrogen (secondary N) is 1. The predicted octanol–water partition coefficient (Wildman–Crippen LogP) is 2.05. The third kappa shape index (κ3) is 3.13. The quantitative estimate of drug-likeness (QED) is 0.680. The van der Waals surface area contributed by atoms with E-state index in [1.807, 2.05) is 31.2 Å². The van der Waals surface area contributed by atoms with E-state index in [-0.39, 0.29) is 11.5 Å². The minimum atomic E-state index is -0.525. The SMILES string of the molecule is CCOc1ccc(C=C2C(=O)NC(C)=C2C(=O)OC)cc1. The van der Waals surface area contributed by atoms with Crippen molar-refractivity contribution in [1.82, 2.24) is 5.32 Å². The van der Waals surface area contributed by atoms with E-state index in [2.05, 4.69) is 5.32 Å². The highest BCUT2D eigenvalue weighted by atomic mass is 16.5. The molecule has 1 N–H and O–H groups in total. The summed E-state index contributed by atoms with van der Waals surface area (Å²) in [6, 6.07) is 7.29. The molecule has 21 heavy (non-hydrogen) atoms. The van der Waals surface area contributed by atoms with Crippen molar-refractivity contribution in [3.05, 3.63) is 46.7 Å². The first-order valence-electron chi connectivity index (χ1n) is 6.62. The molecule has 0 radical (unpaired) electrons. The van der Waals surface area contributed by atoms with Crippen LogP contribution in [0.3, 0.4) is 0 Å². The van der Waals surface area contributed by atoms with Gasteiger partial charge in [0.2, 0.25) is 0 Å². The van der Waals surface area contributed by atoms with Gasteiger partial charge < -0.3 is 14.8 Å². The molecule has 5 heteroatoms. The van der Waals surface area contributed by atoms with Gasteiger partial charge in [-0.1, -0.05) is 12.1 Å². The number of amides is 1. The first-order chi connectivity index (χ1) is 10.1. The molecule has 1 aromatic carbocycles. The largest absolute Gasteiger partial charge is 0.494 e. The minimum Gasteiger partial charge on any atom is -0.494 e. The molecule has 0 aliphatic carbocycles. The van der Waals surface area contributed by atoms with Crippen molar-refractivity contribution in [3.8, 4) is 5.75 Å². The number of hydrogen-bond donors (Lipinski definition) is 1. The highest BCUT2D eigenvalue weighted by molar-refractivity contribution is 6.16. The molecule has 0 saturated carbocycles. The van der Waals surface area contributed by atoms with Crippen molar-refractivity contribution >= 4 is 18.0 Å². The summed E-state index contributed by atoms with van der Waals surface area (Å²) in [4.78, 5) is 23.7. The van der Waals surface area contributed by atoms with Gasteiger partial charge in [0, 0.05) is 5.70 Å². The molecule has 0 fully saturated rings. The van der Waals surface area contributed by atoms with Gasteiger partial charge in [-0.3, -0.25) is 4.79 Å². The van der Waals surface area contributed by atoms with Crippen molar-refractivity contribution in [3.63, 3.8) is 0 Å². The molecule has 5 nitrogen and oxygen atoms in total. The van der Waals surface area contributed by atoms with Crippen LogP contribution in [-0.4, -0.2) is 25.6 Å². The molecule has 1 aromatic rings.